The molecular formula is C15H18N2O3. The van der Waals surface area contributed by atoms with Crippen molar-refractivity contribution in [2.24, 2.45) is 11.3 Å². The highest BCUT2D eigenvalue weighted by atomic mass is 16.5. The van der Waals surface area contributed by atoms with Crippen LogP contribution < -0.4 is 0 Å². The van der Waals surface area contributed by atoms with Gasteiger partial charge in [-0.2, -0.15) is 5.26 Å². The summed E-state index contributed by atoms with van der Waals surface area (Å²) >= 11 is 0. The molecule has 2 heterocycles. The lowest BCUT2D eigenvalue weighted by atomic mass is 9.81. The number of carbonyl (C=O) groups excluding carboxylic acids is 1. The zero-order chi connectivity index (χ0) is 14.2. The van der Waals surface area contributed by atoms with Crippen LogP contribution in [0.1, 0.15) is 30.8 Å². The number of ether oxygens (including phenoxy) is 1. The average molecular weight is 274 g/mol. The van der Waals surface area contributed by atoms with E-state index in [0.717, 1.165) is 38.1 Å². The molecule has 2 aliphatic rings. The molecule has 0 bridgehead atoms. The summed E-state index contributed by atoms with van der Waals surface area (Å²) in [4.78, 5) is 14.4. The molecule has 0 aromatic carbocycles. The van der Waals surface area contributed by atoms with Gasteiger partial charge in [-0.15, -0.1) is 0 Å². The van der Waals surface area contributed by atoms with E-state index in [4.69, 9.17) is 14.4 Å². The van der Waals surface area contributed by atoms with Gasteiger partial charge in [0.05, 0.1) is 19.1 Å². The first-order valence-electron chi connectivity index (χ1n) is 6.97. The zero-order valence-electron chi connectivity index (χ0n) is 11.6. The van der Waals surface area contributed by atoms with Crippen LogP contribution in [0.25, 0.3) is 0 Å². The van der Waals surface area contributed by atoms with Gasteiger partial charge in [0.15, 0.2) is 0 Å². The highest BCUT2D eigenvalue weighted by molar-refractivity contribution is 5.78. The largest absolute Gasteiger partial charge is 0.469 e. The van der Waals surface area contributed by atoms with Crippen molar-refractivity contribution < 1.29 is 13.9 Å². The number of hydrogen-bond acceptors (Lipinski definition) is 5. The molecule has 3 rings (SSSR count). The van der Waals surface area contributed by atoms with Crippen LogP contribution in [0.3, 0.4) is 0 Å². The van der Waals surface area contributed by atoms with Crippen LogP contribution in [0.15, 0.2) is 16.5 Å². The highest BCUT2D eigenvalue weighted by Gasteiger charge is 2.55. The van der Waals surface area contributed by atoms with Crippen molar-refractivity contribution >= 4 is 5.97 Å². The molecule has 106 valence electrons. The second kappa shape index (κ2) is 4.95. The summed E-state index contributed by atoms with van der Waals surface area (Å²) in [5.74, 6) is 1.43. The summed E-state index contributed by atoms with van der Waals surface area (Å²) in [6.45, 7) is 2.28. The Balaban J connectivity index is 1.72. The van der Waals surface area contributed by atoms with Crippen LogP contribution in [0, 0.1) is 22.7 Å². The fraction of sp³-hybridized carbons (Fsp3) is 0.600. The molecule has 2 fully saturated rings. The van der Waals surface area contributed by atoms with Gasteiger partial charge in [-0.05, 0) is 30.9 Å². The maximum Gasteiger partial charge on any atom is 0.313 e. The van der Waals surface area contributed by atoms with Crippen LogP contribution in [0.2, 0.25) is 0 Å². The predicted molar refractivity (Wildman–Crippen MR) is 70.5 cm³/mol. The Kier molecular flexibility index (Phi) is 3.27. The summed E-state index contributed by atoms with van der Waals surface area (Å²) < 4.78 is 10.4. The molecule has 20 heavy (non-hydrogen) atoms. The number of hydrogen-bond donors (Lipinski definition) is 0. The first kappa shape index (κ1) is 13.2. The second-order valence-corrected chi connectivity index (χ2v) is 5.78. The molecule has 1 saturated carbocycles. The Morgan fingerprint density at radius 3 is 3.20 bits per heavy atom. The van der Waals surface area contributed by atoms with Gasteiger partial charge in [-0.3, -0.25) is 9.69 Å². The molecule has 1 saturated heterocycles. The molecule has 0 N–H and O–H groups in total. The maximum atomic E-state index is 12.2. The smallest absolute Gasteiger partial charge is 0.313 e. The number of likely N-dealkylation sites (tertiary alicyclic amines) is 1. The quantitative estimate of drug-likeness (QED) is 0.788. The molecule has 0 unspecified atom stereocenters. The summed E-state index contributed by atoms with van der Waals surface area (Å²) in [7, 11) is 1.47. The van der Waals surface area contributed by atoms with Crippen LogP contribution in [0.4, 0.5) is 0 Å². The van der Waals surface area contributed by atoms with E-state index in [1.807, 2.05) is 12.1 Å². The van der Waals surface area contributed by atoms with E-state index in [9.17, 15) is 4.79 Å². The van der Waals surface area contributed by atoms with Gasteiger partial charge in [0.1, 0.15) is 11.8 Å². The topological polar surface area (TPSA) is 66.5 Å². The number of rotatable bonds is 3. The molecule has 2 atom stereocenters. The van der Waals surface area contributed by atoms with Crippen LogP contribution in [-0.2, 0) is 16.1 Å². The standard InChI is InChI=1S/C15H18N2O3/c1-19-14(18)15-6-2-3-11(15)8-17(10-15)9-13-5-4-12(7-16)20-13/h4-5,11H,2-3,6,8-10H2,1H3/t11-,15+/m1/s1. The normalized spacial score (nSPS) is 29.1. The van der Waals surface area contributed by atoms with E-state index in [1.54, 1.807) is 6.07 Å². The van der Waals surface area contributed by atoms with Gasteiger partial charge in [-0.25, -0.2) is 0 Å². The third kappa shape index (κ3) is 2.01. The lowest BCUT2D eigenvalue weighted by Gasteiger charge is -2.25. The molecule has 5 heteroatoms. The Morgan fingerprint density at radius 1 is 1.65 bits per heavy atom. The van der Waals surface area contributed by atoms with Gasteiger partial charge >= 0.3 is 5.97 Å². The SMILES string of the molecule is COC(=O)[C@]12CCC[C@@H]1CN(Cc1ccc(C#N)o1)C2. The lowest BCUT2D eigenvalue weighted by Crippen LogP contribution is -2.36. The van der Waals surface area contributed by atoms with Crippen molar-refractivity contribution in [2.45, 2.75) is 25.8 Å². The minimum atomic E-state index is -0.320. The molecule has 0 amide bonds. The fourth-order valence-electron chi connectivity index (χ4n) is 3.79. The molecule has 0 radical (unpaired) electrons. The molecule has 1 aliphatic carbocycles. The van der Waals surface area contributed by atoms with Crippen LogP contribution in [-0.4, -0.2) is 31.1 Å². The molecule has 0 spiro atoms. The molecular weight excluding hydrogens is 256 g/mol. The van der Waals surface area contributed by atoms with Crippen LogP contribution in [0.5, 0.6) is 0 Å². The molecule has 1 aliphatic heterocycles. The van der Waals surface area contributed by atoms with E-state index < -0.39 is 0 Å². The van der Waals surface area contributed by atoms with Crippen molar-refractivity contribution in [3.63, 3.8) is 0 Å². The number of esters is 1. The fourth-order valence-corrected chi connectivity index (χ4v) is 3.79. The number of methoxy groups -OCH3 is 1. The number of furan rings is 1. The van der Waals surface area contributed by atoms with Gasteiger partial charge in [-0.1, -0.05) is 6.42 Å². The lowest BCUT2D eigenvalue weighted by molar-refractivity contribution is -0.153. The summed E-state index contributed by atoms with van der Waals surface area (Å²) in [6.07, 6.45) is 3.11. The highest BCUT2D eigenvalue weighted by Crippen LogP contribution is 2.49. The van der Waals surface area contributed by atoms with Crippen molar-refractivity contribution in [1.29, 1.82) is 5.26 Å². The Hall–Kier alpha value is -1.80. The average Bonchev–Trinajstić information content (AvgIpc) is 3.11. The Morgan fingerprint density at radius 2 is 2.50 bits per heavy atom. The maximum absolute atomic E-state index is 12.2. The third-order valence-electron chi connectivity index (χ3n) is 4.68. The van der Waals surface area contributed by atoms with Gasteiger partial charge in [0.25, 0.3) is 0 Å². The van der Waals surface area contributed by atoms with E-state index in [1.165, 1.54) is 7.11 Å². The van der Waals surface area contributed by atoms with E-state index in [-0.39, 0.29) is 11.4 Å². The number of fused-ring (bicyclic) bond motifs is 1. The van der Waals surface area contributed by atoms with E-state index >= 15 is 0 Å². The van der Waals surface area contributed by atoms with Crippen molar-refractivity contribution in [2.75, 3.05) is 20.2 Å². The number of carbonyl (C=O) groups is 1. The minimum Gasteiger partial charge on any atom is -0.469 e. The third-order valence-corrected chi connectivity index (χ3v) is 4.68. The molecule has 1 aromatic heterocycles. The number of nitrogens with zero attached hydrogens (tertiary/aromatic N) is 2. The monoisotopic (exact) mass is 274 g/mol. The predicted octanol–water partition coefficient (Wildman–Crippen LogP) is 1.93. The first-order valence-corrected chi connectivity index (χ1v) is 6.97. The summed E-state index contributed by atoms with van der Waals surface area (Å²) in [6, 6.07) is 5.50. The van der Waals surface area contributed by atoms with Crippen molar-refractivity contribution in [1.82, 2.24) is 4.90 Å². The summed E-state index contributed by atoms with van der Waals surface area (Å²) in [5, 5.41) is 8.77. The minimum absolute atomic E-state index is 0.0698. The van der Waals surface area contributed by atoms with E-state index in [2.05, 4.69) is 4.90 Å². The molecule has 5 nitrogen and oxygen atoms in total. The van der Waals surface area contributed by atoms with Gasteiger partial charge in [0.2, 0.25) is 5.76 Å². The first-order chi connectivity index (χ1) is 9.68. The number of nitriles is 1. The van der Waals surface area contributed by atoms with Gasteiger partial charge < -0.3 is 9.15 Å². The van der Waals surface area contributed by atoms with Crippen LogP contribution >= 0.6 is 0 Å². The van der Waals surface area contributed by atoms with E-state index in [0.29, 0.717) is 18.2 Å². The molecule has 1 aromatic rings. The van der Waals surface area contributed by atoms with Crippen molar-refractivity contribution in [3.05, 3.63) is 23.7 Å². The Labute approximate surface area is 118 Å². The van der Waals surface area contributed by atoms with Gasteiger partial charge in [0, 0.05) is 13.1 Å². The zero-order valence-corrected chi connectivity index (χ0v) is 11.6. The second-order valence-electron chi connectivity index (χ2n) is 5.78. The summed E-state index contributed by atoms with van der Waals surface area (Å²) in [5.41, 5.74) is -0.320. The Bertz CT molecular complexity index is 560. The van der Waals surface area contributed by atoms with Crippen molar-refractivity contribution in [3.8, 4) is 6.07 Å².